The fourth-order valence-electron chi connectivity index (χ4n) is 3.66. The number of hydrogen-bond donors (Lipinski definition) is 7. The number of nitrogens with two attached hydrogens (primary N) is 1. The van der Waals surface area contributed by atoms with Crippen LogP contribution in [0.15, 0.2) is 0 Å². The van der Waals surface area contributed by atoms with Crippen molar-refractivity contribution in [2.45, 2.75) is 100 Å². The maximum Gasteiger partial charge on any atom is 0.325 e. The molecule has 2 fully saturated rings. The number of aliphatic hydroxyl groups is 6. The van der Waals surface area contributed by atoms with Crippen LogP contribution in [0.1, 0.15) is 20.8 Å². The van der Waals surface area contributed by atoms with Gasteiger partial charge in [0.1, 0.15) is 61.5 Å². The van der Waals surface area contributed by atoms with E-state index in [2.05, 4.69) is 0 Å². The Morgan fingerprint density at radius 2 is 1.50 bits per heavy atom. The molecule has 0 aromatic heterocycles. The summed E-state index contributed by atoms with van der Waals surface area (Å²) in [5.74, 6) is -0.952. The summed E-state index contributed by atoms with van der Waals surface area (Å²) in [4.78, 5) is 12.1. The Morgan fingerprint density at radius 1 is 0.941 bits per heavy atom. The Hall–Kier alpha value is -1.01. The fraction of sp³-hybridized carbons (Fsp3) is 0.950. The van der Waals surface area contributed by atoms with E-state index in [1.165, 1.54) is 14.0 Å². The highest BCUT2D eigenvalue weighted by atomic mass is 16.7. The zero-order valence-electron chi connectivity index (χ0n) is 19.5. The highest BCUT2D eigenvalue weighted by Crippen LogP contribution is 2.30. The fourth-order valence-corrected chi connectivity index (χ4v) is 3.66. The summed E-state index contributed by atoms with van der Waals surface area (Å²) in [5.41, 5.74) is 5.57. The molecular formula is C20H37NO13. The molecule has 0 radical (unpaired) electrons. The van der Waals surface area contributed by atoms with Gasteiger partial charge in [-0.3, -0.25) is 4.79 Å². The normalized spacial score (nSPS) is 40.7. The van der Waals surface area contributed by atoms with E-state index in [1.807, 2.05) is 0 Å². The Balaban J connectivity index is 2.21. The first-order valence-corrected chi connectivity index (χ1v) is 11.0. The predicted molar refractivity (Wildman–Crippen MR) is 111 cm³/mol. The highest BCUT2D eigenvalue weighted by Gasteiger charge is 2.51. The minimum Gasteiger partial charge on any atom is -0.462 e. The number of methoxy groups -OCH3 is 1. The van der Waals surface area contributed by atoms with Crippen molar-refractivity contribution in [1.82, 2.24) is 0 Å². The number of esters is 1. The number of ether oxygens (including phenoxy) is 6. The van der Waals surface area contributed by atoms with Gasteiger partial charge >= 0.3 is 5.97 Å². The van der Waals surface area contributed by atoms with Crippen molar-refractivity contribution in [2.24, 2.45) is 5.73 Å². The molecule has 34 heavy (non-hydrogen) atoms. The van der Waals surface area contributed by atoms with Crippen LogP contribution in [0.3, 0.4) is 0 Å². The van der Waals surface area contributed by atoms with Crippen molar-refractivity contribution in [3.63, 3.8) is 0 Å². The molecule has 200 valence electrons. The molecule has 8 N–H and O–H groups in total. The minimum atomic E-state index is -1.66. The monoisotopic (exact) mass is 499 g/mol. The quantitative estimate of drug-likeness (QED) is 0.142. The number of aliphatic hydroxyl groups excluding tert-OH is 6. The molecule has 0 aromatic carbocycles. The van der Waals surface area contributed by atoms with Crippen molar-refractivity contribution in [3.8, 4) is 0 Å². The van der Waals surface area contributed by atoms with Crippen LogP contribution in [0.2, 0.25) is 0 Å². The molecule has 14 nitrogen and oxygen atoms in total. The second kappa shape index (κ2) is 12.8. The molecule has 2 aliphatic rings. The van der Waals surface area contributed by atoms with Crippen LogP contribution in [-0.4, -0.2) is 137 Å². The van der Waals surface area contributed by atoms with Crippen LogP contribution < -0.4 is 5.73 Å². The number of carbonyl (C=O) groups excluding carboxylic acids is 1. The largest absolute Gasteiger partial charge is 0.462 e. The molecule has 0 saturated carbocycles. The number of hydrogen-bond acceptors (Lipinski definition) is 14. The standard InChI is InChI=1S/C20H37NO13/c1-7(2)31-19-15(27)13(25)17(10(33-19)6-30-18(28)11(21)8(3)23)34-20-14(26)12(24)16(29-4)9(5-22)32-20/h7-17,19-20,22-27H,5-6,21H2,1-4H3. The molecular weight excluding hydrogens is 462 g/mol. The van der Waals surface area contributed by atoms with Gasteiger partial charge in [-0.15, -0.1) is 0 Å². The molecule has 12 unspecified atom stereocenters. The van der Waals surface area contributed by atoms with E-state index in [0.29, 0.717) is 0 Å². The van der Waals surface area contributed by atoms with Crippen LogP contribution in [0.5, 0.6) is 0 Å². The predicted octanol–water partition coefficient (Wildman–Crippen LogP) is -4.05. The van der Waals surface area contributed by atoms with Crippen molar-refractivity contribution in [3.05, 3.63) is 0 Å². The van der Waals surface area contributed by atoms with Gasteiger partial charge in [0.2, 0.25) is 0 Å². The molecule has 2 heterocycles. The molecule has 2 aliphatic heterocycles. The van der Waals surface area contributed by atoms with E-state index in [4.69, 9.17) is 34.2 Å². The van der Waals surface area contributed by atoms with E-state index in [-0.39, 0.29) is 0 Å². The van der Waals surface area contributed by atoms with Crippen LogP contribution >= 0.6 is 0 Å². The molecule has 0 spiro atoms. The molecule has 0 aromatic rings. The van der Waals surface area contributed by atoms with E-state index < -0.39 is 98.8 Å². The lowest BCUT2D eigenvalue weighted by Crippen LogP contribution is -2.65. The van der Waals surface area contributed by atoms with Gasteiger partial charge < -0.3 is 64.8 Å². The van der Waals surface area contributed by atoms with Crippen molar-refractivity contribution in [1.29, 1.82) is 0 Å². The average Bonchev–Trinajstić information content (AvgIpc) is 2.79. The molecule has 2 rings (SSSR count). The second-order valence-electron chi connectivity index (χ2n) is 8.61. The lowest BCUT2D eigenvalue weighted by Gasteiger charge is -2.46. The van der Waals surface area contributed by atoms with Gasteiger partial charge in [-0.25, -0.2) is 0 Å². The van der Waals surface area contributed by atoms with Gasteiger partial charge in [-0.05, 0) is 20.8 Å². The summed E-state index contributed by atoms with van der Waals surface area (Å²) in [6.45, 7) is 3.56. The summed E-state index contributed by atoms with van der Waals surface area (Å²) < 4.78 is 32.5. The number of rotatable bonds is 10. The highest BCUT2D eigenvalue weighted by molar-refractivity contribution is 5.76. The molecule has 12 atom stereocenters. The maximum absolute atomic E-state index is 12.1. The van der Waals surface area contributed by atoms with Crippen LogP contribution in [0.4, 0.5) is 0 Å². The molecule has 14 heteroatoms. The summed E-state index contributed by atoms with van der Waals surface area (Å²) in [6, 6.07) is -1.34. The van der Waals surface area contributed by atoms with Crippen LogP contribution in [-0.2, 0) is 33.2 Å². The number of carbonyl (C=O) groups is 1. The zero-order chi connectivity index (χ0) is 25.7. The van der Waals surface area contributed by atoms with E-state index in [9.17, 15) is 35.4 Å². The van der Waals surface area contributed by atoms with Crippen LogP contribution in [0, 0.1) is 0 Å². The molecule has 0 amide bonds. The lowest BCUT2D eigenvalue weighted by molar-refractivity contribution is -0.362. The summed E-state index contributed by atoms with van der Waals surface area (Å²) in [6.07, 6.45) is -15.7. The van der Waals surface area contributed by atoms with E-state index in [0.717, 1.165) is 0 Å². The van der Waals surface area contributed by atoms with Crippen molar-refractivity contribution >= 4 is 5.97 Å². The lowest BCUT2D eigenvalue weighted by atomic mass is 9.97. The Labute approximate surface area is 197 Å². The topological polar surface area (TPSA) is 220 Å². The average molecular weight is 500 g/mol. The van der Waals surface area contributed by atoms with Gasteiger partial charge in [0.15, 0.2) is 12.6 Å². The minimum absolute atomic E-state index is 0.397. The Morgan fingerprint density at radius 3 is 2.03 bits per heavy atom. The first-order valence-electron chi connectivity index (χ1n) is 11.0. The molecule has 0 bridgehead atoms. The van der Waals surface area contributed by atoms with Crippen molar-refractivity contribution in [2.75, 3.05) is 20.3 Å². The van der Waals surface area contributed by atoms with E-state index in [1.54, 1.807) is 13.8 Å². The zero-order valence-corrected chi connectivity index (χ0v) is 19.5. The van der Waals surface area contributed by atoms with Crippen molar-refractivity contribution < 1.29 is 63.9 Å². The summed E-state index contributed by atoms with van der Waals surface area (Å²) >= 11 is 0. The van der Waals surface area contributed by atoms with Gasteiger partial charge in [-0.1, -0.05) is 0 Å². The molecule has 0 aliphatic carbocycles. The van der Waals surface area contributed by atoms with Gasteiger partial charge in [-0.2, -0.15) is 0 Å². The third-order valence-corrected chi connectivity index (χ3v) is 5.61. The van der Waals surface area contributed by atoms with Gasteiger partial charge in [0.05, 0.1) is 18.8 Å². The van der Waals surface area contributed by atoms with Gasteiger partial charge in [0.25, 0.3) is 0 Å². The first-order chi connectivity index (χ1) is 15.9. The second-order valence-corrected chi connectivity index (χ2v) is 8.61. The maximum atomic E-state index is 12.1. The smallest absolute Gasteiger partial charge is 0.325 e. The van der Waals surface area contributed by atoms with Crippen LogP contribution in [0.25, 0.3) is 0 Å². The van der Waals surface area contributed by atoms with Gasteiger partial charge in [0, 0.05) is 7.11 Å². The third-order valence-electron chi connectivity index (χ3n) is 5.61. The summed E-state index contributed by atoms with van der Waals surface area (Å²) in [7, 11) is 1.26. The first kappa shape index (κ1) is 29.2. The SMILES string of the molecule is COC1C(CO)OC(OC2C(COC(=O)C(N)C(C)O)OC(OC(C)C)C(O)C2O)C(O)C1O. The third kappa shape index (κ3) is 6.81. The van der Waals surface area contributed by atoms with E-state index >= 15 is 0 Å². The Bertz CT molecular complexity index is 636. The Kier molecular flexibility index (Phi) is 11.0. The summed E-state index contributed by atoms with van der Waals surface area (Å²) in [5, 5.41) is 61.0. The molecule has 2 saturated heterocycles.